The molecule has 96 valence electrons. The van der Waals surface area contributed by atoms with Crippen LogP contribution in [-0.2, 0) is 11.2 Å². The highest BCUT2D eigenvalue weighted by Gasteiger charge is 2.09. The predicted molar refractivity (Wildman–Crippen MR) is 72.3 cm³/mol. The Morgan fingerprint density at radius 2 is 2.24 bits per heavy atom. The van der Waals surface area contributed by atoms with Crippen molar-refractivity contribution >= 4 is 21.8 Å². The number of carbonyl (C=O) groups is 1. The van der Waals surface area contributed by atoms with E-state index in [4.69, 9.17) is 4.42 Å². The van der Waals surface area contributed by atoms with Gasteiger partial charge in [0.2, 0.25) is 5.91 Å². The summed E-state index contributed by atoms with van der Waals surface area (Å²) in [5.41, 5.74) is 0. The molecular weight excluding hydrogens is 282 g/mol. The summed E-state index contributed by atoms with van der Waals surface area (Å²) in [5, 5.41) is 1.04. The van der Waals surface area contributed by atoms with Crippen molar-refractivity contribution in [3.8, 4) is 0 Å². The van der Waals surface area contributed by atoms with Crippen LogP contribution in [0, 0.1) is 0 Å². The van der Waals surface area contributed by atoms with Crippen LogP contribution in [0.15, 0.2) is 22.8 Å². The number of hydrogen-bond donors (Lipinski definition) is 0. The van der Waals surface area contributed by atoms with Gasteiger partial charge in [-0.05, 0) is 25.0 Å². The third kappa shape index (κ3) is 5.91. The van der Waals surface area contributed by atoms with Gasteiger partial charge in [0.05, 0.1) is 6.26 Å². The number of carbonyl (C=O) groups excluding carboxylic acids is 1. The molecule has 0 spiro atoms. The Morgan fingerprint density at radius 3 is 2.88 bits per heavy atom. The van der Waals surface area contributed by atoms with Crippen LogP contribution in [0.2, 0.25) is 0 Å². The highest BCUT2D eigenvalue weighted by atomic mass is 79.9. The second kappa shape index (κ2) is 8.34. The van der Waals surface area contributed by atoms with E-state index in [9.17, 15) is 4.79 Å². The summed E-state index contributed by atoms with van der Waals surface area (Å²) >= 11 is 3.40. The maximum absolute atomic E-state index is 11.8. The minimum absolute atomic E-state index is 0.195. The van der Waals surface area contributed by atoms with E-state index < -0.39 is 0 Å². The standard InChI is InChI=1S/C13H20BrNO2/c1-15(10-4-2-3-9-14)13(16)8-7-12-6-5-11-17-12/h5-6,11H,2-4,7-10H2,1H3. The molecule has 4 heteroatoms. The smallest absolute Gasteiger partial charge is 0.222 e. The molecule has 0 aliphatic carbocycles. The number of rotatable bonds is 8. The summed E-state index contributed by atoms with van der Waals surface area (Å²) in [5.74, 6) is 1.08. The number of halogens is 1. The molecule has 1 heterocycles. The number of aryl methyl sites for hydroxylation is 1. The third-order valence-corrected chi connectivity index (χ3v) is 3.28. The Balaban J connectivity index is 2.13. The number of unbranched alkanes of at least 4 members (excludes halogenated alkanes) is 2. The van der Waals surface area contributed by atoms with Crippen molar-refractivity contribution in [3.63, 3.8) is 0 Å². The van der Waals surface area contributed by atoms with E-state index in [-0.39, 0.29) is 5.91 Å². The monoisotopic (exact) mass is 301 g/mol. The van der Waals surface area contributed by atoms with Gasteiger partial charge in [-0.3, -0.25) is 4.79 Å². The van der Waals surface area contributed by atoms with Crippen molar-refractivity contribution in [1.29, 1.82) is 0 Å². The van der Waals surface area contributed by atoms with Crippen molar-refractivity contribution in [2.45, 2.75) is 32.1 Å². The lowest BCUT2D eigenvalue weighted by molar-refractivity contribution is -0.130. The number of furan rings is 1. The first-order valence-corrected chi connectivity index (χ1v) is 7.18. The molecule has 0 bridgehead atoms. The van der Waals surface area contributed by atoms with Crippen LogP contribution >= 0.6 is 15.9 Å². The van der Waals surface area contributed by atoms with Crippen LogP contribution in [0.25, 0.3) is 0 Å². The average molecular weight is 302 g/mol. The Hall–Kier alpha value is -0.770. The van der Waals surface area contributed by atoms with Gasteiger partial charge in [0.1, 0.15) is 5.76 Å². The molecule has 3 nitrogen and oxygen atoms in total. The molecule has 1 aromatic rings. The SMILES string of the molecule is CN(CCCCCBr)C(=O)CCc1ccco1. The minimum Gasteiger partial charge on any atom is -0.469 e. The van der Waals surface area contributed by atoms with Crippen LogP contribution in [0.5, 0.6) is 0 Å². The quantitative estimate of drug-likeness (QED) is 0.545. The number of amides is 1. The number of alkyl halides is 1. The minimum atomic E-state index is 0.195. The maximum Gasteiger partial charge on any atom is 0.222 e. The summed E-state index contributed by atoms with van der Waals surface area (Å²) in [6.07, 6.45) is 6.29. The Bertz CT molecular complexity index is 311. The van der Waals surface area contributed by atoms with Crippen molar-refractivity contribution in [2.75, 3.05) is 18.9 Å². The van der Waals surface area contributed by atoms with Crippen molar-refractivity contribution < 1.29 is 9.21 Å². The van der Waals surface area contributed by atoms with Crippen LogP contribution in [0.1, 0.15) is 31.4 Å². The van der Waals surface area contributed by atoms with Crippen LogP contribution in [0.3, 0.4) is 0 Å². The Kier molecular flexibility index (Phi) is 7.01. The van der Waals surface area contributed by atoms with Gasteiger partial charge in [-0.1, -0.05) is 22.4 Å². The number of nitrogens with zero attached hydrogens (tertiary/aromatic N) is 1. The predicted octanol–water partition coefficient (Wildman–Crippen LogP) is 3.24. The van der Waals surface area contributed by atoms with E-state index in [2.05, 4.69) is 15.9 Å². The van der Waals surface area contributed by atoms with Gasteiger partial charge in [-0.15, -0.1) is 0 Å². The van der Waals surface area contributed by atoms with Crippen LogP contribution in [0.4, 0.5) is 0 Å². The zero-order valence-electron chi connectivity index (χ0n) is 10.3. The molecule has 0 atom stereocenters. The first-order chi connectivity index (χ1) is 8.24. The van der Waals surface area contributed by atoms with Gasteiger partial charge in [0.15, 0.2) is 0 Å². The van der Waals surface area contributed by atoms with E-state index in [0.29, 0.717) is 12.8 Å². The molecule has 17 heavy (non-hydrogen) atoms. The molecule has 1 aromatic heterocycles. The molecule has 0 saturated heterocycles. The van der Waals surface area contributed by atoms with E-state index in [1.54, 1.807) is 6.26 Å². The molecule has 1 amide bonds. The van der Waals surface area contributed by atoms with E-state index in [1.165, 1.54) is 12.8 Å². The molecule has 0 unspecified atom stereocenters. The Labute approximate surface area is 111 Å². The molecule has 0 aromatic carbocycles. The highest BCUT2D eigenvalue weighted by Crippen LogP contribution is 2.06. The fourth-order valence-electron chi connectivity index (χ4n) is 1.62. The summed E-state index contributed by atoms with van der Waals surface area (Å²) in [6.45, 7) is 0.851. The molecule has 0 N–H and O–H groups in total. The van der Waals surface area contributed by atoms with Gasteiger partial charge >= 0.3 is 0 Å². The molecule has 0 fully saturated rings. The zero-order chi connectivity index (χ0) is 12.5. The average Bonchev–Trinajstić information content (AvgIpc) is 2.84. The highest BCUT2D eigenvalue weighted by molar-refractivity contribution is 9.09. The lowest BCUT2D eigenvalue weighted by atomic mass is 10.2. The lowest BCUT2D eigenvalue weighted by Crippen LogP contribution is -2.27. The van der Waals surface area contributed by atoms with E-state index in [1.807, 2.05) is 24.1 Å². The zero-order valence-corrected chi connectivity index (χ0v) is 11.9. The van der Waals surface area contributed by atoms with Gasteiger partial charge in [-0.25, -0.2) is 0 Å². The third-order valence-electron chi connectivity index (χ3n) is 2.72. The van der Waals surface area contributed by atoms with Gasteiger partial charge in [0, 0.05) is 31.8 Å². The normalized spacial score (nSPS) is 10.5. The summed E-state index contributed by atoms with van der Waals surface area (Å²) < 4.78 is 5.20. The summed E-state index contributed by atoms with van der Waals surface area (Å²) in [4.78, 5) is 13.6. The molecule has 0 saturated carbocycles. The topological polar surface area (TPSA) is 33.5 Å². The van der Waals surface area contributed by atoms with Crippen LogP contribution in [-0.4, -0.2) is 29.7 Å². The lowest BCUT2D eigenvalue weighted by Gasteiger charge is -2.16. The van der Waals surface area contributed by atoms with Crippen molar-refractivity contribution in [2.24, 2.45) is 0 Å². The molecule has 0 aliphatic rings. The fourth-order valence-corrected chi connectivity index (χ4v) is 2.02. The van der Waals surface area contributed by atoms with Gasteiger partial charge in [0.25, 0.3) is 0 Å². The molecular formula is C13H20BrNO2. The fraction of sp³-hybridized carbons (Fsp3) is 0.615. The second-order valence-corrected chi connectivity index (χ2v) is 4.94. The summed E-state index contributed by atoms with van der Waals surface area (Å²) in [6, 6.07) is 3.76. The molecule has 1 rings (SSSR count). The second-order valence-electron chi connectivity index (χ2n) is 4.14. The molecule has 0 radical (unpaired) electrons. The van der Waals surface area contributed by atoms with Crippen LogP contribution < -0.4 is 0 Å². The first-order valence-electron chi connectivity index (χ1n) is 6.06. The van der Waals surface area contributed by atoms with E-state index in [0.717, 1.165) is 24.1 Å². The molecule has 0 aliphatic heterocycles. The van der Waals surface area contributed by atoms with Gasteiger partial charge in [-0.2, -0.15) is 0 Å². The van der Waals surface area contributed by atoms with Crippen molar-refractivity contribution in [3.05, 3.63) is 24.2 Å². The first kappa shape index (κ1) is 14.3. The van der Waals surface area contributed by atoms with Gasteiger partial charge < -0.3 is 9.32 Å². The summed E-state index contributed by atoms with van der Waals surface area (Å²) in [7, 11) is 1.87. The van der Waals surface area contributed by atoms with E-state index >= 15 is 0 Å². The Morgan fingerprint density at radius 1 is 1.41 bits per heavy atom. The maximum atomic E-state index is 11.8. The largest absolute Gasteiger partial charge is 0.469 e. The number of hydrogen-bond acceptors (Lipinski definition) is 2. The van der Waals surface area contributed by atoms with Crippen molar-refractivity contribution in [1.82, 2.24) is 4.90 Å².